The maximum atomic E-state index is 14.3. The molecule has 6 rings (SSSR count). The normalized spacial score (nSPS) is 47.4. The minimum atomic E-state index is -1.85. The van der Waals surface area contributed by atoms with Gasteiger partial charge in [0.2, 0.25) is 0 Å². The second kappa shape index (κ2) is 16.9. The number of carbonyl (C=O) groups is 1. The molecule has 3 saturated heterocycles. The average Bonchev–Trinajstić information content (AvgIpc) is 3.50. The number of hydroxylamine groups is 2. The van der Waals surface area contributed by atoms with Crippen LogP contribution >= 0.6 is 0 Å². The van der Waals surface area contributed by atoms with Crippen molar-refractivity contribution in [3.05, 3.63) is 59.3 Å². The lowest BCUT2D eigenvalue weighted by atomic mass is 9.71. The van der Waals surface area contributed by atoms with Crippen molar-refractivity contribution < 1.29 is 53.4 Å². The van der Waals surface area contributed by atoms with Gasteiger partial charge < -0.3 is 48.6 Å². The molecule has 6 aliphatic rings. The van der Waals surface area contributed by atoms with Crippen LogP contribution in [-0.4, -0.2) is 119 Å². The Hall–Kier alpha value is -2.74. The van der Waals surface area contributed by atoms with Crippen molar-refractivity contribution >= 4 is 5.97 Å². The highest BCUT2D eigenvalue weighted by Gasteiger charge is 2.60. The van der Waals surface area contributed by atoms with Crippen LogP contribution in [0.4, 0.5) is 0 Å². The molecule has 1 aliphatic carbocycles. The molecule has 56 heavy (non-hydrogen) atoms. The Morgan fingerprint density at radius 2 is 1.86 bits per heavy atom. The van der Waals surface area contributed by atoms with Crippen LogP contribution in [0.1, 0.15) is 80.6 Å². The predicted molar refractivity (Wildman–Crippen MR) is 205 cm³/mol. The van der Waals surface area contributed by atoms with Gasteiger partial charge in [-0.05, 0) is 55.9 Å². The fourth-order valence-electron chi connectivity index (χ4n) is 9.61. The van der Waals surface area contributed by atoms with Crippen molar-refractivity contribution in [2.75, 3.05) is 20.8 Å². The average molecular weight is 783 g/mol. The fraction of sp³-hybridized carbons (Fsp3) is 0.721. The highest BCUT2D eigenvalue weighted by Crippen LogP contribution is 2.47. The number of likely N-dealkylation sites (N-methyl/N-ethyl adjacent to an activating group) is 1. The van der Waals surface area contributed by atoms with E-state index >= 15 is 0 Å². The lowest BCUT2D eigenvalue weighted by Crippen LogP contribution is -2.65. The molecule has 2 bridgehead atoms. The van der Waals surface area contributed by atoms with Gasteiger partial charge >= 0.3 is 5.97 Å². The highest BCUT2D eigenvalue weighted by atomic mass is 16.7. The molecule has 5 heterocycles. The van der Waals surface area contributed by atoms with Gasteiger partial charge in [-0.1, -0.05) is 70.6 Å². The molecule has 0 amide bonds. The maximum absolute atomic E-state index is 14.3. The minimum absolute atomic E-state index is 0.0170. The summed E-state index contributed by atoms with van der Waals surface area (Å²) >= 11 is 0. The standard InChI is InChI=1S/C43H62N2O11/c1-10-24(2)38-27(5)16-17-41(56-38)21-32-19-31(55-41)15-14-26(4)37(54-35-20-34(50-9)42(23-44,45(8)49)29(7)52-35)25(3)12-11-13-30-22-51-39-36(46)28(6)18-33(40(47)53-32)43(30,39)48/h11-14,16-18,24-25,27,29,31-39,46,48-49H,10,15,19-22H2,1-9H3/b12-11+,26-14+,30-13+/t24?,25?,27-,29-,31+,32-,33-,34-,35-,36+,37-,38+,39?,41+,42+,43+/m0/s1. The molecule has 16 atom stereocenters. The van der Waals surface area contributed by atoms with Gasteiger partial charge in [-0.15, -0.1) is 0 Å². The zero-order valence-corrected chi connectivity index (χ0v) is 34.3. The Morgan fingerprint density at radius 3 is 2.54 bits per heavy atom. The van der Waals surface area contributed by atoms with Gasteiger partial charge in [0, 0.05) is 45.3 Å². The molecule has 0 aromatic carbocycles. The van der Waals surface area contributed by atoms with Crippen molar-refractivity contribution in [3.8, 4) is 6.07 Å². The first-order chi connectivity index (χ1) is 26.5. The summed E-state index contributed by atoms with van der Waals surface area (Å²) < 4.78 is 44.8. The van der Waals surface area contributed by atoms with Crippen molar-refractivity contribution in [1.82, 2.24) is 5.06 Å². The van der Waals surface area contributed by atoms with E-state index in [9.17, 15) is 25.5 Å². The molecule has 13 nitrogen and oxygen atoms in total. The molecule has 1 spiro atoms. The molecule has 0 aromatic rings. The first-order valence-corrected chi connectivity index (χ1v) is 20.2. The van der Waals surface area contributed by atoms with E-state index in [1.165, 1.54) is 14.2 Å². The second-order valence-electron chi connectivity index (χ2n) is 16.9. The van der Waals surface area contributed by atoms with Crippen molar-refractivity contribution in [2.45, 2.75) is 153 Å². The van der Waals surface area contributed by atoms with E-state index in [4.69, 9.17) is 33.2 Å². The largest absolute Gasteiger partial charge is 0.462 e. The third-order valence-electron chi connectivity index (χ3n) is 13.2. The zero-order valence-electron chi connectivity index (χ0n) is 34.3. The molecule has 5 aliphatic heterocycles. The molecule has 3 N–H and O–H groups in total. The number of aliphatic hydroxyl groups is 2. The van der Waals surface area contributed by atoms with Crippen LogP contribution in [-0.2, 0) is 38.0 Å². The second-order valence-corrected chi connectivity index (χ2v) is 16.9. The molecular weight excluding hydrogens is 720 g/mol. The summed E-state index contributed by atoms with van der Waals surface area (Å²) in [5, 5.41) is 45.1. The van der Waals surface area contributed by atoms with E-state index in [-0.39, 0.29) is 43.3 Å². The summed E-state index contributed by atoms with van der Waals surface area (Å²) in [5.41, 5.74) is -1.40. The molecule has 310 valence electrons. The summed E-state index contributed by atoms with van der Waals surface area (Å²) in [6.45, 7) is 13.9. The number of carbonyl (C=O) groups excluding carboxylic acids is 1. The zero-order chi connectivity index (χ0) is 40.7. The van der Waals surface area contributed by atoms with Crippen LogP contribution in [0.5, 0.6) is 0 Å². The van der Waals surface area contributed by atoms with Crippen LogP contribution in [0.3, 0.4) is 0 Å². The van der Waals surface area contributed by atoms with Gasteiger partial charge in [-0.3, -0.25) is 4.79 Å². The third-order valence-corrected chi connectivity index (χ3v) is 13.2. The molecule has 0 radical (unpaired) electrons. The number of methoxy groups -OCH3 is 1. The third kappa shape index (κ3) is 7.75. The number of hydrogen-bond acceptors (Lipinski definition) is 13. The van der Waals surface area contributed by atoms with Gasteiger partial charge in [0.25, 0.3) is 0 Å². The number of rotatable bonds is 6. The van der Waals surface area contributed by atoms with E-state index in [1.807, 2.05) is 32.1 Å². The topological polar surface area (TPSA) is 169 Å². The number of nitriles is 1. The number of hydrogen-bond donors (Lipinski definition) is 3. The van der Waals surface area contributed by atoms with Crippen LogP contribution in [0.2, 0.25) is 0 Å². The summed E-state index contributed by atoms with van der Waals surface area (Å²) in [5.74, 6) is -2.65. The summed E-state index contributed by atoms with van der Waals surface area (Å²) in [6.07, 6.45) is 9.52. The molecule has 0 aromatic heterocycles. The van der Waals surface area contributed by atoms with Gasteiger partial charge in [0.15, 0.2) is 17.6 Å². The van der Waals surface area contributed by atoms with E-state index < -0.39 is 77.8 Å². The number of nitrogens with zero attached hydrogens (tertiary/aromatic N) is 2. The van der Waals surface area contributed by atoms with Gasteiger partial charge in [0.1, 0.15) is 29.8 Å². The predicted octanol–water partition coefficient (Wildman–Crippen LogP) is 5.06. The monoisotopic (exact) mass is 782 g/mol. The smallest absolute Gasteiger partial charge is 0.316 e. The number of fused-ring (bicyclic) bond motifs is 2. The quantitative estimate of drug-likeness (QED) is 0.186. The minimum Gasteiger partial charge on any atom is -0.462 e. The lowest BCUT2D eigenvalue weighted by Gasteiger charge is -2.48. The van der Waals surface area contributed by atoms with E-state index in [0.717, 1.165) is 17.1 Å². The Kier molecular flexibility index (Phi) is 12.9. The van der Waals surface area contributed by atoms with Gasteiger partial charge in [0.05, 0.1) is 43.2 Å². The van der Waals surface area contributed by atoms with Crippen LogP contribution in [0.25, 0.3) is 0 Å². The van der Waals surface area contributed by atoms with Crippen molar-refractivity contribution in [2.24, 2.45) is 23.7 Å². The molecule has 0 saturated carbocycles. The van der Waals surface area contributed by atoms with Gasteiger partial charge in [-0.2, -0.15) is 10.3 Å². The maximum Gasteiger partial charge on any atom is 0.316 e. The summed E-state index contributed by atoms with van der Waals surface area (Å²) in [7, 11) is 2.92. The van der Waals surface area contributed by atoms with Crippen LogP contribution in [0, 0.1) is 35.0 Å². The van der Waals surface area contributed by atoms with E-state index in [0.29, 0.717) is 24.0 Å². The fourth-order valence-corrected chi connectivity index (χ4v) is 9.61. The molecule has 3 unspecified atom stereocenters. The lowest BCUT2D eigenvalue weighted by molar-refractivity contribution is -0.300. The Morgan fingerprint density at radius 1 is 1.11 bits per heavy atom. The summed E-state index contributed by atoms with van der Waals surface area (Å²) in [6, 6.07) is 2.21. The molecule has 13 heteroatoms. The number of ether oxygens (including phenoxy) is 7. The first kappa shape index (κ1) is 42.9. The van der Waals surface area contributed by atoms with Crippen LogP contribution in [0.15, 0.2) is 59.3 Å². The van der Waals surface area contributed by atoms with Crippen LogP contribution < -0.4 is 0 Å². The SMILES string of the molecule is CCC(C)[C@H]1O[C@]2(C=C[C@@H]1C)C[C@@H]1C[C@@H](C/C=C(\C)[C@@H](O[C@H]3C[C@H](OC)[C@](C#N)(N(C)O)[C@H](C)O3)C(C)/C=C/C=C3\COC4[C@H](O)C(C)=C[C@@H](C(=O)O1)[C@]34O)O2. The van der Waals surface area contributed by atoms with E-state index in [1.54, 1.807) is 26.0 Å². The number of esters is 1. The highest BCUT2D eigenvalue weighted by molar-refractivity contribution is 5.78. The Balaban J connectivity index is 1.39. The molecular formula is C43H62N2O11. The molecule has 3 fully saturated rings. The van der Waals surface area contributed by atoms with Crippen molar-refractivity contribution in [3.63, 3.8) is 0 Å². The first-order valence-electron chi connectivity index (χ1n) is 20.2. The van der Waals surface area contributed by atoms with Crippen molar-refractivity contribution in [1.29, 1.82) is 5.26 Å². The number of aliphatic hydroxyl groups excluding tert-OH is 1. The number of allylic oxidation sites excluding steroid dienone is 2. The Labute approximate surface area is 331 Å². The van der Waals surface area contributed by atoms with E-state index in [2.05, 4.69) is 39.0 Å². The summed E-state index contributed by atoms with van der Waals surface area (Å²) in [4.78, 5) is 14.3. The van der Waals surface area contributed by atoms with Gasteiger partial charge in [-0.25, -0.2) is 0 Å². The Bertz CT molecular complexity index is 1650.